The first-order chi connectivity index (χ1) is 6.33. The number of carbonyl (C=O) groups excluding carboxylic acids is 1. The average Bonchev–Trinajstić information content (AvgIpc) is 2.15. The predicted molar refractivity (Wildman–Crippen MR) is 54.7 cm³/mol. The molecule has 0 N–H and O–H groups in total. The molecule has 13 heavy (non-hydrogen) atoms. The lowest BCUT2D eigenvalue weighted by molar-refractivity contribution is 0.546. The first kappa shape index (κ1) is 10.3. The molecule has 69 valence electrons. The van der Waals surface area contributed by atoms with Gasteiger partial charge in [-0.1, -0.05) is 23.7 Å². The first-order valence-electron chi connectivity index (χ1n) is 4.42. The van der Waals surface area contributed by atoms with Crippen LogP contribution in [0.2, 0.25) is 5.02 Å². The average molecular weight is 196 g/mol. The normalized spacial score (nSPS) is 9.92. The second-order valence-corrected chi connectivity index (χ2v) is 3.41. The quantitative estimate of drug-likeness (QED) is 0.660. The molecular weight excluding hydrogens is 184 g/mol. The molecule has 0 saturated heterocycles. The van der Waals surface area contributed by atoms with E-state index < -0.39 is 0 Å². The summed E-state index contributed by atoms with van der Waals surface area (Å²) in [7, 11) is 0. The summed E-state index contributed by atoms with van der Waals surface area (Å²) in [6.45, 7) is 0. The van der Waals surface area contributed by atoms with Gasteiger partial charge in [0.1, 0.15) is 0 Å². The zero-order valence-corrected chi connectivity index (χ0v) is 8.18. The number of halogens is 1. The largest absolute Gasteiger partial charge is 0.291 e. The fourth-order valence-electron chi connectivity index (χ4n) is 1.18. The monoisotopic (exact) mass is 195 g/mol. The van der Waals surface area contributed by atoms with Crippen LogP contribution >= 0.6 is 11.6 Å². The molecule has 0 atom stereocenters. The number of rotatable bonds is 5. The zero-order valence-electron chi connectivity index (χ0n) is 7.42. The van der Waals surface area contributed by atoms with E-state index in [-0.39, 0.29) is 0 Å². The third-order valence-corrected chi connectivity index (χ3v) is 2.16. The number of unbranched alkanes of at least 4 members (excludes halogenated alkanes) is 2. The van der Waals surface area contributed by atoms with E-state index in [2.05, 4.69) is 0 Å². The molecule has 2 heteroatoms. The molecule has 0 aliphatic carbocycles. The Balaban J connectivity index is 2.28. The van der Waals surface area contributed by atoms with Crippen molar-refractivity contribution in [1.29, 1.82) is 0 Å². The van der Waals surface area contributed by atoms with Gasteiger partial charge in [0.25, 0.3) is 0 Å². The second kappa shape index (κ2) is 5.76. The van der Waals surface area contributed by atoms with Crippen molar-refractivity contribution in [1.82, 2.24) is 0 Å². The Labute approximate surface area is 83.7 Å². The van der Waals surface area contributed by atoms with Gasteiger partial charge in [0.15, 0.2) is 6.29 Å². The van der Waals surface area contributed by atoms with Gasteiger partial charge < -0.3 is 0 Å². The van der Waals surface area contributed by atoms with Crippen LogP contribution in [0.1, 0.15) is 24.8 Å². The van der Waals surface area contributed by atoms with E-state index in [0.717, 1.165) is 24.3 Å². The maximum atomic E-state index is 9.92. The van der Waals surface area contributed by atoms with Gasteiger partial charge in [0, 0.05) is 11.4 Å². The molecule has 0 aliphatic heterocycles. The van der Waals surface area contributed by atoms with Crippen LogP contribution in [0.4, 0.5) is 0 Å². The van der Waals surface area contributed by atoms with E-state index in [9.17, 15) is 4.79 Å². The molecule has 1 rings (SSSR count). The Morgan fingerprint density at radius 1 is 1.15 bits per heavy atom. The summed E-state index contributed by atoms with van der Waals surface area (Å²) in [5.74, 6) is 0. The minimum absolute atomic E-state index is 0.549. The maximum absolute atomic E-state index is 9.92. The highest BCUT2D eigenvalue weighted by molar-refractivity contribution is 6.30. The summed E-state index contributed by atoms with van der Waals surface area (Å²) in [4.78, 5) is 9.92. The molecule has 1 radical (unpaired) electrons. The Morgan fingerprint density at radius 3 is 2.46 bits per heavy atom. The fourth-order valence-corrected chi connectivity index (χ4v) is 1.30. The molecule has 0 aliphatic rings. The van der Waals surface area contributed by atoms with Crippen molar-refractivity contribution < 1.29 is 4.79 Å². The molecule has 1 aromatic carbocycles. The number of hydrogen-bond acceptors (Lipinski definition) is 1. The molecule has 0 heterocycles. The zero-order chi connectivity index (χ0) is 9.52. The summed E-state index contributed by atoms with van der Waals surface area (Å²) < 4.78 is 0. The van der Waals surface area contributed by atoms with Crippen LogP contribution in [0.5, 0.6) is 0 Å². The third kappa shape index (κ3) is 4.09. The first-order valence-corrected chi connectivity index (χ1v) is 4.80. The smallest absolute Gasteiger partial charge is 0.198 e. The van der Waals surface area contributed by atoms with Crippen LogP contribution in [0.15, 0.2) is 24.3 Å². The fraction of sp³-hybridized carbons (Fsp3) is 0.364. The van der Waals surface area contributed by atoms with Crippen molar-refractivity contribution in [3.63, 3.8) is 0 Å². The number of benzene rings is 1. The lowest BCUT2D eigenvalue weighted by atomic mass is 10.1. The maximum Gasteiger partial charge on any atom is 0.198 e. The van der Waals surface area contributed by atoms with Crippen molar-refractivity contribution in [2.75, 3.05) is 0 Å². The summed E-state index contributed by atoms with van der Waals surface area (Å²) in [6.07, 6.45) is 5.42. The van der Waals surface area contributed by atoms with E-state index in [1.807, 2.05) is 30.6 Å². The predicted octanol–water partition coefficient (Wildman–Crippen LogP) is 3.16. The van der Waals surface area contributed by atoms with Crippen molar-refractivity contribution in [2.45, 2.75) is 25.7 Å². The number of hydrogen-bond donors (Lipinski definition) is 0. The molecule has 0 unspecified atom stereocenters. The SMILES string of the molecule is O=[C]CCCCc1ccc(Cl)cc1. The standard InChI is InChI=1S/C11H12ClO/c12-11-7-5-10(6-8-11)4-2-1-3-9-13/h5-8H,1-4H2. The van der Waals surface area contributed by atoms with Gasteiger partial charge in [-0.2, -0.15) is 0 Å². The van der Waals surface area contributed by atoms with E-state index in [1.165, 1.54) is 5.56 Å². The summed E-state index contributed by atoms with van der Waals surface area (Å²) >= 11 is 5.74. The molecule has 1 aromatic rings. The summed E-state index contributed by atoms with van der Waals surface area (Å²) in [5.41, 5.74) is 1.27. The molecule has 0 spiro atoms. The van der Waals surface area contributed by atoms with E-state index in [4.69, 9.17) is 11.6 Å². The van der Waals surface area contributed by atoms with Crippen molar-refractivity contribution in [2.24, 2.45) is 0 Å². The van der Waals surface area contributed by atoms with Crippen molar-refractivity contribution in [3.05, 3.63) is 34.9 Å². The van der Waals surface area contributed by atoms with Gasteiger partial charge in [-0.05, 0) is 37.0 Å². The van der Waals surface area contributed by atoms with Gasteiger partial charge in [0.05, 0.1) is 0 Å². The van der Waals surface area contributed by atoms with Gasteiger partial charge in [-0.15, -0.1) is 0 Å². The van der Waals surface area contributed by atoms with Crippen molar-refractivity contribution >= 4 is 17.9 Å². The Morgan fingerprint density at radius 2 is 1.85 bits per heavy atom. The van der Waals surface area contributed by atoms with Crippen LogP contribution in [0.25, 0.3) is 0 Å². The molecular formula is C11H12ClO. The Bertz CT molecular complexity index is 253. The van der Waals surface area contributed by atoms with Gasteiger partial charge >= 0.3 is 0 Å². The second-order valence-electron chi connectivity index (χ2n) is 2.98. The lowest BCUT2D eigenvalue weighted by Gasteiger charge is -1.99. The highest BCUT2D eigenvalue weighted by Gasteiger charge is 1.93. The van der Waals surface area contributed by atoms with Gasteiger partial charge in [0.2, 0.25) is 0 Å². The highest BCUT2D eigenvalue weighted by Crippen LogP contribution is 2.11. The summed E-state index contributed by atoms with van der Waals surface area (Å²) in [6, 6.07) is 7.82. The van der Waals surface area contributed by atoms with Crippen LogP contribution in [0.3, 0.4) is 0 Å². The van der Waals surface area contributed by atoms with E-state index in [0.29, 0.717) is 6.42 Å². The van der Waals surface area contributed by atoms with Gasteiger partial charge in [-0.3, -0.25) is 4.79 Å². The van der Waals surface area contributed by atoms with Crippen molar-refractivity contribution in [3.8, 4) is 0 Å². The van der Waals surface area contributed by atoms with E-state index >= 15 is 0 Å². The third-order valence-electron chi connectivity index (χ3n) is 1.91. The minimum Gasteiger partial charge on any atom is -0.291 e. The van der Waals surface area contributed by atoms with Gasteiger partial charge in [-0.25, -0.2) is 0 Å². The van der Waals surface area contributed by atoms with Crippen LogP contribution < -0.4 is 0 Å². The van der Waals surface area contributed by atoms with Crippen LogP contribution in [-0.4, -0.2) is 6.29 Å². The minimum atomic E-state index is 0.549. The number of aryl methyl sites for hydroxylation is 1. The molecule has 0 amide bonds. The highest BCUT2D eigenvalue weighted by atomic mass is 35.5. The molecule has 1 nitrogen and oxygen atoms in total. The van der Waals surface area contributed by atoms with Crippen LogP contribution in [-0.2, 0) is 11.2 Å². The topological polar surface area (TPSA) is 17.1 Å². The van der Waals surface area contributed by atoms with E-state index in [1.54, 1.807) is 0 Å². The van der Waals surface area contributed by atoms with Crippen LogP contribution in [0, 0.1) is 0 Å². The summed E-state index contributed by atoms with van der Waals surface area (Å²) in [5, 5.41) is 0.768. The molecule has 0 bridgehead atoms. The molecule has 0 aromatic heterocycles. The Hall–Kier alpha value is -0.820. The molecule has 0 saturated carbocycles. The Kier molecular flexibility index (Phi) is 4.55. The molecule has 0 fully saturated rings. The lowest BCUT2D eigenvalue weighted by Crippen LogP contribution is -1.85.